The molecule has 1 atom stereocenters. The highest BCUT2D eigenvalue weighted by Crippen LogP contribution is 2.24. The first-order valence-corrected chi connectivity index (χ1v) is 12.5. The highest BCUT2D eigenvalue weighted by molar-refractivity contribution is 7.89. The van der Waals surface area contributed by atoms with Gasteiger partial charge in [0.2, 0.25) is 15.9 Å². The molecule has 2 heterocycles. The summed E-state index contributed by atoms with van der Waals surface area (Å²) in [6, 6.07) is 13.9. The standard InChI is InChI=1S/C23H30N4O4S/c1-18(23(28)25-19-7-9-21(10-8-19)26-13-15-31-16-14-26)24-20-5-4-6-22(17-20)32(29,30)27-11-2-3-12-27/h4-10,17-18,24H,2-3,11-16H2,1H3,(H,25,28)/t18-/m1/s1. The van der Waals surface area contributed by atoms with Crippen LogP contribution in [-0.4, -0.2) is 64.1 Å². The number of ether oxygens (including phenoxy) is 1. The molecule has 172 valence electrons. The minimum Gasteiger partial charge on any atom is -0.378 e. The molecule has 2 aromatic carbocycles. The van der Waals surface area contributed by atoms with Crippen LogP contribution in [0.25, 0.3) is 0 Å². The van der Waals surface area contributed by atoms with Crippen LogP contribution in [0.5, 0.6) is 0 Å². The normalized spacial score (nSPS) is 18.3. The second kappa shape index (κ2) is 9.89. The zero-order valence-electron chi connectivity index (χ0n) is 18.3. The molecule has 2 aliphatic heterocycles. The number of hydrogen-bond acceptors (Lipinski definition) is 6. The zero-order valence-corrected chi connectivity index (χ0v) is 19.1. The van der Waals surface area contributed by atoms with E-state index in [1.54, 1.807) is 31.2 Å². The molecule has 0 aromatic heterocycles. The Morgan fingerprint density at radius 1 is 0.969 bits per heavy atom. The van der Waals surface area contributed by atoms with E-state index in [1.165, 1.54) is 4.31 Å². The summed E-state index contributed by atoms with van der Waals surface area (Å²) in [6.45, 7) is 6.04. The molecule has 2 aliphatic rings. The number of anilines is 3. The first-order valence-electron chi connectivity index (χ1n) is 11.0. The lowest BCUT2D eigenvalue weighted by atomic mass is 10.2. The fourth-order valence-corrected chi connectivity index (χ4v) is 5.53. The highest BCUT2D eigenvalue weighted by Gasteiger charge is 2.27. The Morgan fingerprint density at radius 2 is 1.66 bits per heavy atom. The molecule has 8 nitrogen and oxygen atoms in total. The zero-order chi connectivity index (χ0) is 22.6. The maximum Gasteiger partial charge on any atom is 0.246 e. The molecule has 2 N–H and O–H groups in total. The van der Waals surface area contributed by atoms with E-state index >= 15 is 0 Å². The van der Waals surface area contributed by atoms with Gasteiger partial charge in [-0.3, -0.25) is 4.79 Å². The lowest BCUT2D eigenvalue weighted by molar-refractivity contribution is -0.116. The lowest BCUT2D eigenvalue weighted by Crippen LogP contribution is -2.36. The van der Waals surface area contributed by atoms with Crippen LogP contribution in [0.3, 0.4) is 0 Å². The minimum atomic E-state index is -3.50. The summed E-state index contributed by atoms with van der Waals surface area (Å²) >= 11 is 0. The molecule has 2 aromatic rings. The Balaban J connectivity index is 1.36. The van der Waals surface area contributed by atoms with Gasteiger partial charge in [-0.1, -0.05) is 6.07 Å². The third kappa shape index (κ3) is 5.23. The Labute approximate surface area is 189 Å². The smallest absolute Gasteiger partial charge is 0.246 e. The molecule has 0 unspecified atom stereocenters. The van der Waals surface area contributed by atoms with Gasteiger partial charge in [0.15, 0.2) is 0 Å². The van der Waals surface area contributed by atoms with Crippen molar-refractivity contribution in [3.05, 3.63) is 48.5 Å². The molecule has 1 amide bonds. The van der Waals surface area contributed by atoms with E-state index in [-0.39, 0.29) is 10.8 Å². The maximum atomic E-state index is 12.8. The summed E-state index contributed by atoms with van der Waals surface area (Å²) in [5.41, 5.74) is 2.41. The van der Waals surface area contributed by atoms with Crippen LogP contribution in [0, 0.1) is 0 Å². The summed E-state index contributed by atoms with van der Waals surface area (Å²) in [4.78, 5) is 15.2. The average Bonchev–Trinajstić information content (AvgIpc) is 3.36. The van der Waals surface area contributed by atoms with Crippen molar-refractivity contribution in [2.75, 3.05) is 54.9 Å². The second-order valence-corrected chi connectivity index (χ2v) is 10.1. The SMILES string of the molecule is C[C@@H](Nc1cccc(S(=O)(=O)N2CCCC2)c1)C(=O)Nc1ccc(N2CCOCC2)cc1. The van der Waals surface area contributed by atoms with Gasteiger partial charge in [-0.2, -0.15) is 4.31 Å². The number of nitrogens with zero attached hydrogens (tertiary/aromatic N) is 2. The molecule has 2 saturated heterocycles. The Morgan fingerprint density at radius 3 is 2.34 bits per heavy atom. The summed E-state index contributed by atoms with van der Waals surface area (Å²) < 4.78 is 32.5. The first-order chi connectivity index (χ1) is 15.4. The van der Waals surface area contributed by atoms with Crippen molar-refractivity contribution in [2.45, 2.75) is 30.7 Å². The Bertz CT molecular complexity index is 1030. The van der Waals surface area contributed by atoms with Crippen LogP contribution in [0.2, 0.25) is 0 Å². The number of sulfonamides is 1. The van der Waals surface area contributed by atoms with Gasteiger partial charge in [-0.05, 0) is 62.2 Å². The molecule has 4 rings (SSSR count). The molecule has 2 fully saturated rings. The molecular weight excluding hydrogens is 428 g/mol. The second-order valence-electron chi connectivity index (χ2n) is 8.14. The van der Waals surface area contributed by atoms with Crippen LogP contribution in [0.4, 0.5) is 17.1 Å². The number of nitrogens with one attached hydrogen (secondary N) is 2. The molecule has 0 saturated carbocycles. The highest BCUT2D eigenvalue weighted by atomic mass is 32.2. The van der Waals surface area contributed by atoms with Gasteiger partial charge in [0, 0.05) is 43.2 Å². The molecular formula is C23H30N4O4S. The third-order valence-electron chi connectivity index (χ3n) is 5.82. The fraction of sp³-hybridized carbons (Fsp3) is 0.435. The fourth-order valence-electron chi connectivity index (χ4n) is 3.97. The van der Waals surface area contributed by atoms with Crippen molar-refractivity contribution in [2.24, 2.45) is 0 Å². The Hall–Kier alpha value is -2.62. The monoisotopic (exact) mass is 458 g/mol. The van der Waals surface area contributed by atoms with Gasteiger partial charge in [0.1, 0.15) is 6.04 Å². The van der Waals surface area contributed by atoms with Gasteiger partial charge in [-0.25, -0.2) is 8.42 Å². The maximum absolute atomic E-state index is 12.8. The topological polar surface area (TPSA) is 91.0 Å². The molecule has 0 aliphatic carbocycles. The number of carbonyl (C=O) groups excluding carboxylic acids is 1. The number of hydrogen-bond donors (Lipinski definition) is 2. The molecule has 0 bridgehead atoms. The first kappa shape index (κ1) is 22.6. The van der Waals surface area contributed by atoms with Crippen molar-refractivity contribution in [3.63, 3.8) is 0 Å². The molecule has 32 heavy (non-hydrogen) atoms. The van der Waals surface area contributed by atoms with E-state index < -0.39 is 16.1 Å². The van der Waals surface area contributed by atoms with Crippen molar-refractivity contribution in [3.8, 4) is 0 Å². The van der Waals surface area contributed by atoms with E-state index in [9.17, 15) is 13.2 Å². The number of amides is 1. The van der Waals surface area contributed by atoms with Crippen molar-refractivity contribution < 1.29 is 17.9 Å². The average molecular weight is 459 g/mol. The van der Waals surface area contributed by atoms with Crippen molar-refractivity contribution in [1.29, 1.82) is 0 Å². The minimum absolute atomic E-state index is 0.197. The molecule has 9 heteroatoms. The van der Waals surface area contributed by atoms with E-state index in [0.29, 0.717) is 24.5 Å². The summed E-state index contributed by atoms with van der Waals surface area (Å²) in [5.74, 6) is -0.197. The predicted molar refractivity (Wildman–Crippen MR) is 126 cm³/mol. The van der Waals surface area contributed by atoms with Crippen LogP contribution < -0.4 is 15.5 Å². The van der Waals surface area contributed by atoms with E-state index in [2.05, 4.69) is 15.5 Å². The van der Waals surface area contributed by atoms with Crippen molar-refractivity contribution >= 4 is 33.0 Å². The number of benzene rings is 2. The Kier molecular flexibility index (Phi) is 6.98. The van der Waals surface area contributed by atoms with Crippen LogP contribution in [0.15, 0.2) is 53.4 Å². The molecule has 0 radical (unpaired) electrons. The number of carbonyl (C=O) groups is 1. The van der Waals surface area contributed by atoms with E-state index in [1.807, 2.05) is 24.3 Å². The molecule has 0 spiro atoms. The number of rotatable bonds is 7. The van der Waals surface area contributed by atoms with Crippen LogP contribution >= 0.6 is 0 Å². The third-order valence-corrected chi connectivity index (χ3v) is 7.72. The van der Waals surface area contributed by atoms with Gasteiger partial charge in [0.05, 0.1) is 18.1 Å². The quantitative estimate of drug-likeness (QED) is 0.663. The van der Waals surface area contributed by atoms with Gasteiger partial charge >= 0.3 is 0 Å². The lowest BCUT2D eigenvalue weighted by Gasteiger charge is -2.29. The van der Waals surface area contributed by atoms with Crippen molar-refractivity contribution in [1.82, 2.24) is 4.31 Å². The predicted octanol–water partition coefficient (Wildman–Crippen LogP) is 2.75. The largest absolute Gasteiger partial charge is 0.378 e. The van der Waals surface area contributed by atoms with Crippen LogP contribution in [0.1, 0.15) is 19.8 Å². The van der Waals surface area contributed by atoms with Gasteiger partial charge in [0.25, 0.3) is 0 Å². The van der Waals surface area contributed by atoms with Gasteiger partial charge in [-0.15, -0.1) is 0 Å². The van der Waals surface area contributed by atoms with E-state index in [4.69, 9.17) is 4.74 Å². The van der Waals surface area contributed by atoms with Gasteiger partial charge < -0.3 is 20.3 Å². The van der Waals surface area contributed by atoms with E-state index in [0.717, 1.165) is 44.8 Å². The summed E-state index contributed by atoms with van der Waals surface area (Å²) in [5, 5.41) is 6.02. The number of morpholine rings is 1. The van der Waals surface area contributed by atoms with Crippen LogP contribution in [-0.2, 0) is 19.6 Å². The summed E-state index contributed by atoms with van der Waals surface area (Å²) in [7, 11) is -3.50. The summed E-state index contributed by atoms with van der Waals surface area (Å²) in [6.07, 6.45) is 1.78.